The van der Waals surface area contributed by atoms with E-state index in [1.54, 1.807) is 18.0 Å². The molecule has 0 aromatic carbocycles. The molecule has 1 atom stereocenters. The minimum Gasteiger partial charge on any atom is -0.383 e. The van der Waals surface area contributed by atoms with Gasteiger partial charge in [0.1, 0.15) is 6.04 Å². The van der Waals surface area contributed by atoms with E-state index in [9.17, 15) is 14.4 Å². The summed E-state index contributed by atoms with van der Waals surface area (Å²) in [4.78, 5) is 34.0. The quantitative estimate of drug-likeness (QED) is 0.584. The molecule has 1 aliphatic heterocycles. The zero-order valence-electron chi connectivity index (χ0n) is 11.6. The van der Waals surface area contributed by atoms with Crippen molar-refractivity contribution in [2.24, 2.45) is 0 Å². The van der Waals surface area contributed by atoms with Crippen LogP contribution >= 0.6 is 0 Å². The third-order valence-electron chi connectivity index (χ3n) is 2.96. The van der Waals surface area contributed by atoms with Crippen LogP contribution in [-0.2, 0) is 20.9 Å². The Hall–Kier alpha value is -2.42. The van der Waals surface area contributed by atoms with Gasteiger partial charge in [-0.15, -0.1) is 0 Å². The average molecular weight is 295 g/mol. The number of imide groups is 1. The van der Waals surface area contributed by atoms with Gasteiger partial charge in [0.05, 0.1) is 25.0 Å². The number of methoxy groups -OCH3 is 1. The van der Waals surface area contributed by atoms with Gasteiger partial charge in [0.25, 0.3) is 5.91 Å². The first kappa shape index (κ1) is 15.0. The number of nitrogens with zero attached hydrogens (tertiary/aromatic N) is 2. The maximum atomic E-state index is 11.8. The Balaban J connectivity index is 1.75. The highest BCUT2D eigenvalue weighted by Crippen LogP contribution is 2.08. The van der Waals surface area contributed by atoms with Crippen molar-refractivity contribution >= 4 is 23.5 Å². The Morgan fingerprint density at radius 1 is 1.52 bits per heavy atom. The highest BCUT2D eigenvalue weighted by molar-refractivity contribution is 6.04. The molecule has 1 saturated heterocycles. The Kier molecular flexibility index (Phi) is 4.88. The van der Waals surface area contributed by atoms with E-state index in [4.69, 9.17) is 4.74 Å². The van der Waals surface area contributed by atoms with Crippen LogP contribution in [0.1, 0.15) is 12.8 Å². The summed E-state index contributed by atoms with van der Waals surface area (Å²) in [5.74, 6) is -0.643. The molecule has 0 bridgehead atoms. The van der Waals surface area contributed by atoms with Gasteiger partial charge in [-0.25, -0.2) is 4.79 Å². The van der Waals surface area contributed by atoms with Crippen molar-refractivity contribution in [1.29, 1.82) is 0 Å². The molecule has 0 radical (unpaired) electrons. The Morgan fingerprint density at radius 3 is 3.00 bits per heavy atom. The number of nitrogens with one attached hydrogen (secondary N) is 3. The van der Waals surface area contributed by atoms with Crippen LogP contribution in [0.3, 0.4) is 0 Å². The zero-order chi connectivity index (χ0) is 15.2. The number of ether oxygens (including phenoxy) is 1. The second-order valence-corrected chi connectivity index (χ2v) is 4.59. The second-order valence-electron chi connectivity index (χ2n) is 4.59. The molecule has 1 aromatic rings. The zero-order valence-corrected chi connectivity index (χ0v) is 11.6. The number of amides is 4. The van der Waals surface area contributed by atoms with Crippen molar-refractivity contribution in [2.75, 3.05) is 19.0 Å². The summed E-state index contributed by atoms with van der Waals surface area (Å²) in [5, 5.41) is 11.3. The van der Waals surface area contributed by atoms with E-state index in [1.807, 2.05) is 0 Å². The van der Waals surface area contributed by atoms with E-state index in [-0.39, 0.29) is 18.7 Å². The first-order valence-corrected chi connectivity index (χ1v) is 6.51. The topological polar surface area (TPSA) is 114 Å². The van der Waals surface area contributed by atoms with E-state index < -0.39 is 18.0 Å². The van der Waals surface area contributed by atoms with E-state index in [0.717, 1.165) is 0 Å². The van der Waals surface area contributed by atoms with Gasteiger partial charge in [0, 0.05) is 19.7 Å². The van der Waals surface area contributed by atoms with E-state index in [1.165, 1.54) is 6.20 Å². The molecule has 1 aliphatic rings. The van der Waals surface area contributed by atoms with E-state index in [2.05, 4.69) is 21.0 Å². The van der Waals surface area contributed by atoms with Gasteiger partial charge in [0.2, 0.25) is 5.91 Å². The van der Waals surface area contributed by atoms with E-state index in [0.29, 0.717) is 18.8 Å². The molecular formula is C12H17N5O4. The molecule has 0 saturated carbocycles. The minimum atomic E-state index is -0.646. The fourth-order valence-corrected chi connectivity index (χ4v) is 1.90. The van der Waals surface area contributed by atoms with Gasteiger partial charge in [-0.1, -0.05) is 0 Å². The standard InChI is InChI=1S/C12H17N5O4/c1-21-5-4-17-7-8(6-13-17)14-10(18)3-2-9-11(19)16-12(20)15-9/h6-7,9H,2-5H2,1H3,(H,14,18)(H2,15,16,19,20)/t9-/m0/s1. The predicted octanol–water partition coefficient (Wildman–Crippen LogP) is -0.544. The van der Waals surface area contributed by atoms with E-state index >= 15 is 0 Å². The SMILES string of the molecule is COCCn1cc(NC(=O)CC[C@@H]2NC(=O)NC2=O)cn1. The summed E-state index contributed by atoms with van der Waals surface area (Å²) >= 11 is 0. The summed E-state index contributed by atoms with van der Waals surface area (Å²) in [6.45, 7) is 1.13. The molecule has 21 heavy (non-hydrogen) atoms. The molecule has 0 spiro atoms. The van der Waals surface area contributed by atoms with Crippen LogP contribution in [0.2, 0.25) is 0 Å². The van der Waals surface area contributed by atoms with Crippen LogP contribution < -0.4 is 16.0 Å². The Labute approximate surface area is 121 Å². The Bertz CT molecular complexity index is 542. The molecule has 9 nitrogen and oxygen atoms in total. The monoisotopic (exact) mass is 295 g/mol. The summed E-state index contributed by atoms with van der Waals surface area (Å²) in [6, 6.07) is -1.17. The summed E-state index contributed by atoms with van der Waals surface area (Å²) < 4.78 is 6.59. The molecular weight excluding hydrogens is 278 g/mol. The molecule has 0 unspecified atom stereocenters. The molecule has 4 amide bonds. The molecule has 0 aliphatic carbocycles. The van der Waals surface area contributed by atoms with Crippen molar-refractivity contribution in [3.63, 3.8) is 0 Å². The molecule has 9 heteroatoms. The minimum absolute atomic E-state index is 0.127. The van der Waals surface area contributed by atoms with Crippen molar-refractivity contribution in [3.05, 3.63) is 12.4 Å². The van der Waals surface area contributed by atoms with Gasteiger partial charge in [-0.2, -0.15) is 5.10 Å². The van der Waals surface area contributed by atoms with Crippen LogP contribution in [0, 0.1) is 0 Å². The third-order valence-corrected chi connectivity index (χ3v) is 2.96. The van der Waals surface area contributed by atoms with Gasteiger partial charge in [-0.05, 0) is 6.42 Å². The fourth-order valence-electron chi connectivity index (χ4n) is 1.90. The van der Waals surface area contributed by atoms with Crippen molar-refractivity contribution in [3.8, 4) is 0 Å². The number of anilines is 1. The lowest BCUT2D eigenvalue weighted by Crippen LogP contribution is -2.30. The van der Waals surface area contributed by atoms with Crippen LogP contribution in [0.4, 0.5) is 10.5 Å². The highest BCUT2D eigenvalue weighted by Gasteiger charge is 2.29. The summed E-state index contributed by atoms with van der Waals surface area (Å²) in [5.41, 5.74) is 0.580. The largest absolute Gasteiger partial charge is 0.383 e. The van der Waals surface area contributed by atoms with Crippen molar-refractivity contribution in [2.45, 2.75) is 25.4 Å². The third kappa shape index (κ3) is 4.28. The highest BCUT2D eigenvalue weighted by atomic mass is 16.5. The number of hydrogen-bond acceptors (Lipinski definition) is 5. The molecule has 1 aromatic heterocycles. The molecule has 114 valence electrons. The normalized spacial score (nSPS) is 17.5. The molecule has 2 heterocycles. The average Bonchev–Trinajstić information content (AvgIpc) is 3.00. The number of urea groups is 1. The van der Waals surface area contributed by atoms with Crippen LogP contribution in [-0.4, -0.2) is 47.4 Å². The predicted molar refractivity (Wildman–Crippen MR) is 72.4 cm³/mol. The van der Waals surface area contributed by atoms with Crippen LogP contribution in [0.5, 0.6) is 0 Å². The number of rotatable bonds is 7. The number of carbonyl (C=O) groups excluding carboxylic acids is 3. The Morgan fingerprint density at radius 2 is 2.33 bits per heavy atom. The molecule has 3 N–H and O–H groups in total. The van der Waals surface area contributed by atoms with Crippen molar-refractivity contribution < 1.29 is 19.1 Å². The fraction of sp³-hybridized carbons (Fsp3) is 0.500. The lowest BCUT2D eigenvalue weighted by atomic mass is 10.1. The summed E-state index contributed by atoms with van der Waals surface area (Å²) in [6.07, 6.45) is 3.61. The lowest BCUT2D eigenvalue weighted by molar-refractivity contribution is -0.120. The molecule has 2 rings (SSSR count). The van der Waals surface area contributed by atoms with Gasteiger partial charge in [0.15, 0.2) is 0 Å². The first-order valence-electron chi connectivity index (χ1n) is 6.51. The number of aromatic nitrogens is 2. The second kappa shape index (κ2) is 6.84. The first-order chi connectivity index (χ1) is 10.1. The van der Waals surface area contributed by atoms with Gasteiger partial charge in [-0.3, -0.25) is 19.6 Å². The van der Waals surface area contributed by atoms with Gasteiger partial charge < -0.3 is 15.4 Å². The van der Waals surface area contributed by atoms with Crippen LogP contribution in [0.15, 0.2) is 12.4 Å². The summed E-state index contributed by atoms with van der Waals surface area (Å²) in [7, 11) is 1.60. The van der Waals surface area contributed by atoms with Crippen molar-refractivity contribution in [1.82, 2.24) is 20.4 Å². The maximum absolute atomic E-state index is 11.8. The van der Waals surface area contributed by atoms with Gasteiger partial charge >= 0.3 is 6.03 Å². The number of carbonyl (C=O) groups is 3. The number of hydrogen-bond donors (Lipinski definition) is 3. The lowest BCUT2D eigenvalue weighted by Gasteiger charge is -2.06. The molecule has 1 fully saturated rings. The van der Waals surface area contributed by atoms with Crippen LogP contribution in [0.25, 0.3) is 0 Å². The maximum Gasteiger partial charge on any atom is 0.322 e. The smallest absolute Gasteiger partial charge is 0.322 e.